The summed E-state index contributed by atoms with van der Waals surface area (Å²) in [6.45, 7) is 7.14. The third-order valence-electron chi connectivity index (χ3n) is 4.88. The maximum absolute atomic E-state index is 13.3. The van der Waals surface area contributed by atoms with Gasteiger partial charge in [0.2, 0.25) is 5.91 Å². The standard InChI is InChI=1S/C20H23F2N3O/c1-14-5-3-4-6-19(14)25-11-9-24(10-12-25)15(2)20(26)23-16-7-8-17(21)18(22)13-16/h3-8,13,15H,9-12H2,1-2H3,(H,23,26). The van der Waals surface area contributed by atoms with Gasteiger partial charge in [-0.25, -0.2) is 8.78 Å². The maximum atomic E-state index is 13.3. The highest BCUT2D eigenvalue weighted by atomic mass is 19.2. The molecular weight excluding hydrogens is 336 g/mol. The molecule has 1 fully saturated rings. The number of nitrogens with one attached hydrogen (secondary N) is 1. The third-order valence-corrected chi connectivity index (χ3v) is 4.88. The van der Waals surface area contributed by atoms with Crippen molar-refractivity contribution in [1.82, 2.24) is 4.90 Å². The van der Waals surface area contributed by atoms with Crippen molar-refractivity contribution in [2.75, 3.05) is 36.4 Å². The summed E-state index contributed by atoms with van der Waals surface area (Å²) < 4.78 is 26.3. The molecule has 6 heteroatoms. The van der Waals surface area contributed by atoms with Crippen LogP contribution in [0.5, 0.6) is 0 Å². The Labute approximate surface area is 152 Å². The van der Waals surface area contributed by atoms with Gasteiger partial charge in [-0.2, -0.15) is 0 Å². The summed E-state index contributed by atoms with van der Waals surface area (Å²) in [5, 5.41) is 2.66. The molecule has 2 aromatic carbocycles. The molecule has 1 aliphatic rings. The number of carbonyl (C=O) groups excluding carboxylic acids is 1. The fourth-order valence-electron chi connectivity index (χ4n) is 3.25. The number of halogens is 2. The van der Waals surface area contributed by atoms with E-state index in [2.05, 4.69) is 34.2 Å². The van der Waals surface area contributed by atoms with Gasteiger partial charge in [-0.05, 0) is 37.6 Å². The van der Waals surface area contributed by atoms with Gasteiger partial charge in [-0.1, -0.05) is 18.2 Å². The van der Waals surface area contributed by atoms with Gasteiger partial charge in [-0.15, -0.1) is 0 Å². The largest absolute Gasteiger partial charge is 0.369 e. The lowest BCUT2D eigenvalue weighted by Gasteiger charge is -2.39. The number of nitrogens with zero attached hydrogens (tertiary/aromatic N) is 2. The van der Waals surface area contributed by atoms with E-state index in [1.54, 1.807) is 0 Å². The number of para-hydroxylation sites is 1. The average molecular weight is 359 g/mol. The van der Waals surface area contributed by atoms with Crippen LogP contribution in [-0.4, -0.2) is 43.0 Å². The van der Waals surface area contributed by atoms with Crippen LogP contribution in [0.15, 0.2) is 42.5 Å². The first-order valence-electron chi connectivity index (χ1n) is 8.76. The van der Waals surface area contributed by atoms with Crippen LogP contribution in [0.1, 0.15) is 12.5 Å². The van der Waals surface area contributed by atoms with E-state index in [9.17, 15) is 13.6 Å². The highest BCUT2D eigenvalue weighted by Crippen LogP contribution is 2.21. The van der Waals surface area contributed by atoms with E-state index < -0.39 is 11.6 Å². The van der Waals surface area contributed by atoms with E-state index in [-0.39, 0.29) is 17.6 Å². The first-order valence-corrected chi connectivity index (χ1v) is 8.76. The second-order valence-corrected chi connectivity index (χ2v) is 6.60. The summed E-state index contributed by atoms with van der Waals surface area (Å²) in [4.78, 5) is 16.9. The molecule has 138 valence electrons. The number of carbonyl (C=O) groups is 1. The minimum atomic E-state index is -0.970. The Morgan fingerprint density at radius 2 is 1.73 bits per heavy atom. The third kappa shape index (κ3) is 4.02. The summed E-state index contributed by atoms with van der Waals surface area (Å²) in [7, 11) is 0. The van der Waals surface area contributed by atoms with Gasteiger partial charge in [0.25, 0.3) is 0 Å². The number of piperazine rings is 1. The lowest BCUT2D eigenvalue weighted by molar-refractivity contribution is -0.120. The molecule has 2 aromatic rings. The van der Waals surface area contributed by atoms with Crippen LogP contribution in [-0.2, 0) is 4.79 Å². The summed E-state index contributed by atoms with van der Waals surface area (Å²) >= 11 is 0. The molecule has 0 spiro atoms. The van der Waals surface area contributed by atoms with Gasteiger partial charge >= 0.3 is 0 Å². The molecule has 1 unspecified atom stereocenters. The second-order valence-electron chi connectivity index (χ2n) is 6.60. The molecule has 4 nitrogen and oxygen atoms in total. The molecule has 1 aliphatic heterocycles. The van der Waals surface area contributed by atoms with Crippen LogP contribution in [0.25, 0.3) is 0 Å². The van der Waals surface area contributed by atoms with E-state index in [0.717, 1.165) is 38.3 Å². The molecule has 0 aliphatic carbocycles. The fourth-order valence-corrected chi connectivity index (χ4v) is 3.25. The Morgan fingerprint density at radius 1 is 1.04 bits per heavy atom. The number of amides is 1. The predicted octanol–water partition coefficient (Wildman–Crippen LogP) is 3.42. The molecule has 0 bridgehead atoms. The van der Waals surface area contributed by atoms with Crippen molar-refractivity contribution in [3.63, 3.8) is 0 Å². The quantitative estimate of drug-likeness (QED) is 0.909. The van der Waals surface area contributed by atoms with Crippen molar-refractivity contribution in [3.05, 3.63) is 59.7 Å². The van der Waals surface area contributed by atoms with E-state index >= 15 is 0 Å². The molecule has 0 radical (unpaired) electrons. The van der Waals surface area contributed by atoms with Gasteiger partial charge in [0.1, 0.15) is 0 Å². The number of anilines is 2. The molecule has 1 atom stereocenters. The van der Waals surface area contributed by atoms with Gasteiger partial charge in [0, 0.05) is 43.6 Å². The zero-order valence-corrected chi connectivity index (χ0v) is 15.0. The number of benzene rings is 2. The van der Waals surface area contributed by atoms with E-state index in [1.165, 1.54) is 17.3 Å². The molecular formula is C20H23F2N3O. The number of hydrogen-bond donors (Lipinski definition) is 1. The van der Waals surface area contributed by atoms with Crippen molar-refractivity contribution in [2.45, 2.75) is 19.9 Å². The number of hydrogen-bond acceptors (Lipinski definition) is 3. The van der Waals surface area contributed by atoms with Crippen LogP contribution < -0.4 is 10.2 Å². The van der Waals surface area contributed by atoms with Crippen molar-refractivity contribution in [1.29, 1.82) is 0 Å². The van der Waals surface area contributed by atoms with Gasteiger partial charge in [0.05, 0.1) is 6.04 Å². The monoisotopic (exact) mass is 359 g/mol. The Morgan fingerprint density at radius 3 is 2.38 bits per heavy atom. The molecule has 0 saturated carbocycles. The van der Waals surface area contributed by atoms with E-state index in [1.807, 2.05) is 19.1 Å². The highest BCUT2D eigenvalue weighted by Gasteiger charge is 2.26. The fraction of sp³-hybridized carbons (Fsp3) is 0.350. The number of aryl methyl sites for hydroxylation is 1. The molecule has 1 heterocycles. The van der Waals surface area contributed by atoms with E-state index in [4.69, 9.17) is 0 Å². The Hall–Kier alpha value is -2.47. The smallest absolute Gasteiger partial charge is 0.241 e. The van der Waals surface area contributed by atoms with Crippen LogP contribution in [0.2, 0.25) is 0 Å². The SMILES string of the molecule is Cc1ccccc1N1CCN(C(C)C(=O)Nc2ccc(F)c(F)c2)CC1. The van der Waals surface area contributed by atoms with Crippen LogP contribution in [0.4, 0.5) is 20.2 Å². The van der Waals surface area contributed by atoms with Gasteiger partial charge < -0.3 is 10.2 Å². The van der Waals surface area contributed by atoms with Gasteiger partial charge in [-0.3, -0.25) is 9.69 Å². The molecule has 1 saturated heterocycles. The summed E-state index contributed by atoms with van der Waals surface area (Å²) in [6, 6.07) is 11.3. The zero-order chi connectivity index (χ0) is 18.7. The van der Waals surface area contributed by atoms with Crippen LogP contribution in [0.3, 0.4) is 0 Å². The van der Waals surface area contributed by atoms with Gasteiger partial charge in [0.15, 0.2) is 11.6 Å². The maximum Gasteiger partial charge on any atom is 0.241 e. The summed E-state index contributed by atoms with van der Waals surface area (Å²) in [6.07, 6.45) is 0. The molecule has 0 aromatic heterocycles. The molecule has 1 N–H and O–H groups in total. The first kappa shape index (κ1) is 18.3. The van der Waals surface area contributed by atoms with Crippen LogP contribution in [0, 0.1) is 18.6 Å². The topological polar surface area (TPSA) is 35.6 Å². The van der Waals surface area contributed by atoms with Crippen molar-refractivity contribution in [2.24, 2.45) is 0 Å². The van der Waals surface area contributed by atoms with Crippen molar-refractivity contribution in [3.8, 4) is 0 Å². The first-order chi connectivity index (χ1) is 12.5. The molecule has 1 amide bonds. The molecule has 3 rings (SSSR count). The Balaban J connectivity index is 1.57. The summed E-state index contributed by atoms with van der Waals surface area (Å²) in [5.74, 6) is -2.12. The normalized spacial score (nSPS) is 16.4. The Bertz CT molecular complexity index is 788. The van der Waals surface area contributed by atoms with Crippen molar-refractivity contribution < 1.29 is 13.6 Å². The Kier molecular flexibility index (Phi) is 5.52. The summed E-state index contributed by atoms with van der Waals surface area (Å²) in [5.41, 5.74) is 2.73. The lowest BCUT2D eigenvalue weighted by atomic mass is 10.1. The lowest BCUT2D eigenvalue weighted by Crippen LogP contribution is -2.53. The minimum Gasteiger partial charge on any atom is -0.369 e. The van der Waals surface area contributed by atoms with Crippen molar-refractivity contribution >= 4 is 17.3 Å². The average Bonchev–Trinajstić information content (AvgIpc) is 2.65. The number of rotatable bonds is 4. The second kappa shape index (κ2) is 7.83. The van der Waals surface area contributed by atoms with E-state index in [0.29, 0.717) is 0 Å². The predicted molar refractivity (Wildman–Crippen MR) is 99.4 cm³/mol. The highest BCUT2D eigenvalue weighted by molar-refractivity contribution is 5.94. The minimum absolute atomic E-state index is 0.222. The molecule has 26 heavy (non-hydrogen) atoms. The van der Waals surface area contributed by atoms with Crippen LogP contribution >= 0.6 is 0 Å². The zero-order valence-electron chi connectivity index (χ0n) is 15.0.